The van der Waals surface area contributed by atoms with Crippen LogP contribution in [0.2, 0.25) is 5.02 Å². The normalized spacial score (nSPS) is 11.4. The minimum absolute atomic E-state index is 0.407. The number of carbonyl (C=O) groups is 1. The van der Waals surface area contributed by atoms with Gasteiger partial charge in [-0.1, -0.05) is 11.6 Å². The minimum Gasteiger partial charge on any atom is -0.496 e. The first kappa shape index (κ1) is 12.3. The third-order valence-electron chi connectivity index (χ3n) is 2.07. The Hall–Kier alpha value is -1.73. The summed E-state index contributed by atoms with van der Waals surface area (Å²) in [5, 5.41) is 9.37. The van der Waals surface area contributed by atoms with Crippen LogP contribution < -0.4 is 4.74 Å². The number of nitrogens with zero attached hydrogens (tertiary/aromatic N) is 1. The highest BCUT2D eigenvalue weighted by atomic mass is 35.5. The van der Waals surface area contributed by atoms with Crippen LogP contribution in [0.15, 0.2) is 18.2 Å². The molecule has 0 aliphatic carbocycles. The molecule has 0 fully saturated rings. The average Bonchev–Trinajstić information content (AvgIpc) is 2.30. The zero-order valence-corrected chi connectivity index (χ0v) is 9.62. The van der Waals surface area contributed by atoms with Gasteiger partial charge in [-0.2, -0.15) is 5.26 Å². The van der Waals surface area contributed by atoms with Gasteiger partial charge in [0.1, 0.15) is 5.75 Å². The van der Waals surface area contributed by atoms with Crippen LogP contribution in [0, 0.1) is 11.3 Å². The van der Waals surface area contributed by atoms with Gasteiger partial charge in [-0.05, 0) is 18.2 Å². The van der Waals surface area contributed by atoms with Crippen LogP contribution >= 0.6 is 11.6 Å². The molecule has 1 aromatic carbocycles. The van der Waals surface area contributed by atoms with Crippen molar-refractivity contribution in [3.05, 3.63) is 28.8 Å². The third kappa shape index (κ3) is 2.44. The van der Waals surface area contributed by atoms with Gasteiger partial charge in [0, 0.05) is 10.6 Å². The Balaban J connectivity index is 3.23. The summed E-state index contributed by atoms with van der Waals surface area (Å²) >= 11 is 5.81. The molecule has 1 aromatic rings. The summed E-state index contributed by atoms with van der Waals surface area (Å²) in [5.74, 6) is -1.23. The van der Waals surface area contributed by atoms with Crippen molar-refractivity contribution in [3.63, 3.8) is 0 Å². The van der Waals surface area contributed by atoms with Crippen molar-refractivity contribution in [2.75, 3.05) is 14.2 Å². The second-order valence-corrected chi connectivity index (χ2v) is 3.41. The number of rotatable bonds is 3. The van der Waals surface area contributed by atoms with Crippen LogP contribution in [-0.4, -0.2) is 20.2 Å². The fraction of sp³-hybridized carbons (Fsp3) is 0.273. The van der Waals surface area contributed by atoms with E-state index in [0.29, 0.717) is 16.3 Å². The zero-order valence-electron chi connectivity index (χ0n) is 8.86. The number of halogens is 1. The summed E-state index contributed by atoms with van der Waals surface area (Å²) in [6, 6.07) is 6.60. The molecule has 1 unspecified atom stereocenters. The molecule has 0 aliphatic rings. The molecule has 0 saturated heterocycles. The van der Waals surface area contributed by atoms with Crippen molar-refractivity contribution < 1.29 is 14.3 Å². The van der Waals surface area contributed by atoms with Crippen LogP contribution in [0.5, 0.6) is 5.75 Å². The molecule has 5 heteroatoms. The highest BCUT2D eigenvalue weighted by Gasteiger charge is 2.24. The highest BCUT2D eigenvalue weighted by molar-refractivity contribution is 6.30. The maximum Gasteiger partial charge on any atom is 0.327 e. The van der Waals surface area contributed by atoms with E-state index >= 15 is 0 Å². The number of ether oxygens (including phenoxy) is 2. The Bertz CT molecular complexity index is 439. The number of nitriles is 1. The molecular formula is C11H10ClNO3. The predicted molar refractivity (Wildman–Crippen MR) is 58.4 cm³/mol. The summed E-state index contributed by atoms with van der Waals surface area (Å²) in [6.45, 7) is 0. The Labute approximate surface area is 98.3 Å². The summed E-state index contributed by atoms with van der Waals surface area (Å²) in [5.41, 5.74) is 0.407. The van der Waals surface area contributed by atoms with E-state index in [4.69, 9.17) is 21.6 Å². The van der Waals surface area contributed by atoms with Crippen molar-refractivity contribution in [3.8, 4) is 11.8 Å². The van der Waals surface area contributed by atoms with E-state index in [1.807, 2.05) is 6.07 Å². The molecule has 84 valence electrons. The summed E-state index contributed by atoms with van der Waals surface area (Å²) in [4.78, 5) is 11.4. The van der Waals surface area contributed by atoms with Crippen LogP contribution in [0.25, 0.3) is 0 Å². The van der Waals surface area contributed by atoms with Crippen molar-refractivity contribution in [2.45, 2.75) is 5.92 Å². The van der Waals surface area contributed by atoms with E-state index in [1.54, 1.807) is 12.1 Å². The van der Waals surface area contributed by atoms with E-state index < -0.39 is 11.9 Å². The van der Waals surface area contributed by atoms with E-state index in [9.17, 15) is 4.79 Å². The van der Waals surface area contributed by atoms with E-state index in [1.165, 1.54) is 20.3 Å². The Morgan fingerprint density at radius 1 is 1.50 bits per heavy atom. The van der Waals surface area contributed by atoms with Crippen molar-refractivity contribution in [1.29, 1.82) is 5.26 Å². The first-order chi connectivity index (χ1) is 7.63. The Morgan fingerprint density at radius 3 is 2.69 bits per heavy atom. The fourth-order valence-electron chi connectivity index (χ4n) is 1.30. The standard InChI is InChI=1S/C11H10ClNO3/c1-15-10-4-3-7(12)5-8(10)9(6-13)11(14)16-2/h3-5,9H,1-2H3. The second kappa shape index (κ2) is 5.38. The molecule has 0 aromatic heterocycles. The van der Waals surface area contributed by atoms with Gasteiger partial charge < -0.3 is 9.47 Å². The second-order valence-electron chi connectivity index (χ2n) is 2.97. The monoisotopic (exact) mass is 239 g/mol. The number of carbonyl (C=O) groups excluding carboxylic acids is 1. The van der Waals surface area contributed by atoms with Crippen LogP contribution in [0.1, 0.15) is 11.5 Å². The van der Waals surface area contributed by atoms with E-state index in [-0.39, 0.29) is 0 Å². The maximum absolute atomic E-state index is 11.4. The topological polar surface area (TPSA) is 59.3 Å². The van der Waals surface area contributed by atoms with Gasteiger partial charge in [-0.25, -0.2) is 0 Å². The molecule has 1 rings (SSSR count). The van der Waals surface area contributed by atoms with Gasteiger partial charge in [0.15, 0.2) is 5.92 Å². The quantitative estimate of drug-likeness (QED) is 0.758. The average molecular weight is 240 g/mol. The lowest BCUT2D eigenvalue weighted by Crippen LogP contribution is -2.13. The van der Waals surface area contributed by atoms with E-state index in [2.05, 4.69) is 4.74 Å². The first-order valence-electron chi connectivity index (χ1n) is 4.45. The Kier molecular flexibility index (Phi) is 4.15. The number of esters is 1. The highest BCUT2D eigenvalue weighted by Crippen LogP contribution is 2.29. The molecule has 0 bridgehead atoms. The van der Waals surface area contributed by atoms with Crippen molar-refractivity contribution in [1.82, 2.24) is 0 Å². The molecule has 0 radical (unpaired) electrons. The summed E-state index contributed by atoms with van der Waals surface area (Å²) < 4.78 is 9.60. The van der Waals surface area contributed by atoms with Crippen LogP contribution in [0.4, 0.5) is 0 Å². The largest absolute Gasteiger partial charge is 0.496 e. The van der Waals surface area contributed by atoms with E-state index in [0.717, 1.165) is 0 Å². The van der Waals surface area contributed by atoms with Gasteiger partial charge >= 0.3 is 5.97 Å². The molecule has 16 heavy (non-hydrogen) atoms. The minimum atomic E-state index is -1.03. The summed E-state index contributed by atoms with van der Waals surface area (Å²) in [6.07, 6.45) is 0. The fourth-order valence-corrected chi connectivity index (χ4v) is 1.48. The number of methoxy groups -OCH3 is 2. The van der Waals surface area contributed by atoms with Crippen molar-refractivity contribution in [2.24, 2.45) is 0 Å². The lowest BCUT2D eigenvalue weighted by molar-refractivity contribution is -0.141. The molecule has 0 aliphatic heterocycles. The third-order valence-corrected chi connectivity index (χ3v) is 2.30. The van der Waals surface area contributed by atoms with Crippen LogP contribution in [0.3, 0.4) is 0 Å². The molecular weight excluding hydrogens is 230 g/mol. The van der Waals surface area contributed by atoms with Crippen LogP contribution in [-0.2, 0) is 9.53 Å². The first-order valence-corrected chi connectivity index (χ1v) is 4.82. The lowest BCUT2D eigenvalue weighted by Gasteiger charge is -2.12. The molecule has 0 heterocycles. The molecule has 0 spiro atoms. The SMILES string of the molecule is COC(=O)C(C#N)c1cc(Cl)ccc1OC. The van der Waals surface area contributed by atoms with Gasteiger partial charge in [0.2, 0.25) is 0 Å². The summed E-state index contributed by atoms with van der Waals surface area (Å²) in [7, 11) is 2.68. The molecule has 1 atom stereocenters. The van der Waals surface area contributed by atoms with Gasteiger partial charge in [-0.15, -0.1) is 0 Å². The predicted octanol–water partition coefficient (Wildman–Crippen LogP) is 2.13. The lowest BCUT2D eigenvalue weighted by atomic mass is 10.00. The number of benzene rings is 1. The molecule has 0 N–H and O–H groups in total. The number of hydrogen-bond donors (Lipinski definition) is 0. The molecule has 0 amide bonds. The zero-order chi connectivity index (χ0) is 12.1. The Morgan fingerprint density at radius 2 is 2.19 bits per heavy atom. The maximum atomic E-state index is 11.4. The van der Waals surface area contributed by atoms with Gasteiger partial charge in [0.05, 0.1) is 20.3 Å². The molecule has 0 saturated carbocycles. The van der Waals surface area contributed by atoms with Gasteiger partial charge in [0.25, 0.3) is 0 Å². The molecule has 4 nitrogen and oxygen atoms in total. The van der Waals surface area contributed by atoms with Crippen molar-refractivity contribution >= 4 is 17.6 Å². The number of hydrogen-bond acceptors (Lipinski definition) is 4. The van der Waals surface area contributed by atoms with Gasteiger partial charge in [-0.3, -0.25) is 4.79 Å². The smallest absolute Gasteiger partial charge is 0.327 e.